The van der Waals surface area contributed by atoms with Crippen LogP contribution in [0, 0.1) is 0 Å². The maximum absolute atomic E-state index is 9.78. The summed E-state index contributed by atoms with van der Waals surface area (Å²) >= 11 is -2.54. The summed E-state index contributed by atoms with van der Waals surface area (Å²) in [4.78, 5) is 0.836. The summed E-state index contributed by atoms with van der Waals surface area (Å²) in [5, 5.41) is 3.46. The first kappa shape index (κ1) is 9.41. The zero-order chi connectivity index (χ0) is 6.69. The molecule has 5 nitrogen and oxygen atoms in total. The lowest BCUT2D eigenvalue weighted by molar-refractivity contribution is 0.230. The fraction of sp³-hybridized carbons (Fsp3) is 0. The van der Waals surface area contributed by atoms with Crippen LogP contribution in [0.15, 0.2) is 18.5 Å². The topological polar surface area (TPSA) is 67.2 Å². The minimum absolute atomic E-state index is 0. The highest BCUT2D eigenvalue weighted by atomic mass is 35.5. The number of hydrogen-bond acceptors (Lipinski definition) is 4. The minimum atomic E-state index is -2.54. The zero-order valence-corrected chi connectivity index (χ0v) is 6.30. The SMILES string of the molecule is Cl.O=S([O-])On1cccn1. The molecule has 0 bridgehead atoms. The molecule has 0 aliphatic rings. The van der Waals surface area contributed by atoms with Gasteiger partial charge in [-0.1, -0.05) is 4.85 Å². The molecule has 1 aromatic rings. The molecular weight excluding hydrogens is 180 g/mol. The highest BCUT2D eigenvalue weighted by Crippen LogP contribution is 1.79. The Balaban J connectivity index is 0.000000810. The van der Waals surface area contributed by atoms with Gasteiger partial charge >= 0.3 is 0 Å². The molecule has 58 valence electrons. The van der Waals surface area contributed by atoms with Crippen molar-refractivity contribution in [2.75, 3.05) is 0 Å². The van der Waals surface area contributed by atoms with Crippen LogP contribution in [0.1, 0.15) is 0 Å². The third-order valence-electron chi connectivity index (χ3n) is 0.617. The lowest BCUT2D eigenvalue weighted by atomic mass is 10.8. The van der Waals surface area contributed by atoms with Gasteiger partial charge in [-0.05, 0) is 6.07 Å². The molecule has 0 spiro atoms. The maximum Gasteiger partial charge on any atom is 0.169 e. The quantitative estimate of drug-likeness (QED) is 0.582. The summed E-state index contributed by atoms with van der Waals surface area (Å²) in [5.74, 6) is 0. The lowest BCUT2D eigenvalue weighted by Crippen LogP contribution is -2.13. The molecule has 0 aliphatic carbocycles. The number of rotatable bonds is 2. The van der Waals surface area contributed by atoms with E-state index in [0.717, 1.165) is 4.85 Å². The molecule has 0 saturated carbocycles. The van der Waals surface area contributed by atoms with Gasteiger partial charge in [0.2, 0.25) is 0 Å². The average molecular weight is 184 g/mol. The smallest absolute Gasteiger partial charge is 0.169 e. The van der Waals surface area contributed by atoms with Crippen molar-refractivity contribution >= 4 is 23.8 Å². The van der Waals surface area contributed by atoms with Crippen molar-refractivity contribution in [3.63, 3.8) is 0 Å². The fourth-order valence-electron chi connectivity index (χ4n) is 0.361. The molecule has 7 heteroatoms. The molecule has 1 rings (SSSR count). The highest BCUT2D eigenvalue weighted by Gasteiger charge is 1.85. The van der Waals surface area contributed by atoms with Gasteiger partial charge < -0.3 is 8.84 Å². The van der Waals surface area contributed by atoms with Gasteiger partial charge in [-0.2, -0.15) is 0 Å². The minimum Gasteiger partial charge on any atom is -0.738 e. The van der Waals surface area contributed by atoms with Crippen LogP contribution in [0.2, 0.25) is 0 Å². The van der Waals surface area contributed by atoms with Gasteiger partial charge in [-0.3, -0.25) is 0 Å². The first-order valence-electron chi connectivity index (χ1n) is 2.07. The molecule has 0 aromatic carbocycles. The van der Waals surface area contributed by atoms with E-state index in [-0.39, 0.29) is 12.4 Å². The summed E-state index contributed by atoms with van der Waals surface area (Å²) in [6, 6.07) is 1.55. The van der Waals surface area contributed by atoms with Gasteiger partial charge in [0.1, 0.15) is 0 Å². The van der Waals surface area contributed by atoms with Gasteiger partial charge in [-0.25, -0.2) is 4.21 Å². The second-order valence-electron chi connectivity index (χ2n) is 1.19. The van der Waals surface area contributed by atoms with Gasteiger partial charge in [0.25, 0.3) is 0 Å². The monoisotopic (exact) mass is 183 g/mol. The Morgan fingerprint density at radius 2 is 2.40 bits per heavy atom. The molecule has 0 fully saturated rings. The summed E-state index contributed by atoms with van der Waals surface area (Å²) in [6.45, 7) is 0. The Labute approximate surface area is 65.8 Å². The summed E-state index contributed by atoms with van der Waals surface area (Å²) in [6.07, 6.45) is 2.78. The standard InChI is InChI=1S/C3H4N2O3S.ClH/c6-9(7)8-5-3-1-2-4-5;/h1-3H,(H,6,7);1H/p-1. The number of nitrogens with zero attached hydrogens (tertiary/aromatic N) is 2. The maximum atomic E-state index is 9.78. The van der Waals surface area contributed by atoms with E-state index >= 15 is 0 Å². The normalized spacial score (nSPS) is 11.7. The van der Waals surface area contributed by atoms with Crippen molar-refractivity contribution in [1.82, 2.24) is 9.94 Å². The summed E-state index contributed by atoms with van der Waals surface area (Å²) < 4.78 is 23.6. The van der Waals surface area contributed by atoms with Crippen LogP contribution in [0.4, 0.5) is 0 Å². The first-order chi connectivity index (χ1) is 4.29. The molecule has 1 aromatic heterocycles. The van der Waals surface area contributed by atoms with E-state index in [0.29, 0.717) is 0 Å². The second-order valence-corrected chi connectivity index (χ2v) is 1.74. The van der Waals surface area contributed by atoms with Gasteiger partial charge in [0, 0.05) is 0 Å². The van der Waals surface area contributed by atoms with Crippen molar-refractivity contribution in [3.8, 4) is 0 Å². The van der Waals surface area contributed by atoms with E-state index in [1.807, 2.05) is 0 Å². The third-order valence-corrected chi connectivity index (χ3v) is 0.892. The number of halogens is 1. The van der Waals surface area contributed by atoms with Crippen molar-refractivity contribution < 1.29 is 13.0 Å². The third kappa shape index (κ3) is 2.81. The predicted molar refractivity (Wildman–Crippen MR) is 35.0 cm³/mol. The second kappa shape index (κ2) is 4.26. The Morgan fingerprint density at radius 1 is 1.70 bits per heavy atom. The molecule has 0 aliphatic heterocycles. The zero-order valence-electron chi connectivity index (χ0n) is 4.67. The van der Waals surface area contributed by atoms with Crippen LogP contribution >= 0.6 is 12.4 Å². The average Bonchev–Trinajstić information content (AvgIpc) is 2.15. The van der Waals surface area contributed by atoms with Crippen molar-refractivity contribution in [3.05, 3.63) is 18.5 Å². The largest absolute Gasteiger partial charge is 0.738 e. The van der Waals surface area contributed by atoms with E-state index < -0.39 is 11.4 Å². The Morgan fingerprint density at radius 3 is 2.80 bits per heavy atom. The summed E-state index contributed by atoms with van der Waals surface area (Å²) in [5.41, 5.74) is 0. The van der Waals surface area contributed by atoms with E-state index in [2.05, 4.69) is 9.38 Å². The van der Waals surface area contributed by atoms with E-state index in [1.165, 1.54) is 12.4 Å². The van der Waals surface area contributed by atoms with Crippen molar-refractivity contribution in [2.24, 2.45) is 0 Å². The molecule has 1 unspecified atom stereocenters. The number of aromatic nitrogens is 2. The van der Waals surface area contributed by atoms with Crippen LogP contribution < -0.4 is 4.28 Å². The molecule has 0 N–H and O–H groups in total. The highest BCUT2D eigenvalue weighted by molar-refractivity contribution is 7.74. The molecular formula is C3H4ClN2O3S-. The lowest BCUT2D eigenvalue weighted by Gasteiger charge is -2.03. The molecule has 1 heterocycles. The molecule has 0 radical (unpaired) electrons. The van der Waals surface area contributed by atoms with Crippen LogP contribution in [0.3, 0.4) is 0 Å². The van der Waals surface area contributed by atoms with Crippen molar-refractivity contribution in [1.29, 1.82) is 0 Å². The van der Waals surface area contributed by atoms with Crippen LogP contribution in [-0.2, 0) is 11.4 Å². The van der Waals surface area contributed by atoms with Crippen LogP contribution in [0.25, 0.3) is 0 Å². The molecule has 1 atom stereocenters. The molecule has 0 amide bonds. The van der Waals surface area contributed by atoms with E-state index in [1.54, 1.807) is 6.07 Å². The molecule has 10 heavy (non-hydrogen) atoms. The molecule has 0 saturated heterocycles. The van der Waals surface area contributed by atoms with Gasteiger partial charge in [-0.15, -0.1) is 17.5 Å². The van der Waals surface area contributed by atoms with Gasteiger partial charge in [0.15, 0.2) is 11.4 Å². The van der Waals surface area contributed by atoms with Crippen LogP contribution in [-0.4, -0.2) is 18.7 Å². The first-order valence-corrected chi connectivity index (χ1v) is 3.07. The fourth-order valence-corrected chi connectivity index (χ4v) is 0.574. The van der Waals surface area contributed by atoms with Crippen LogP contribution in [0.5, 0.6) is 0 Å². The Bertz CT molecular complexity index is 202. The van der Waals surface area contributed by atoms with Crippen molar-refractivity contribution in [2.45, 2.75) is 0 Å². The Hall–Kier alpha value is -0.590. The van der Waals surface area contributed by atoms with Gasteiger partial charge in [0.05, 0.1) is 12.4 Å². The summed E-state index contributed by atoms with van der Waals surface area (Å²) in [7, 11) is 0. The number of hydrogen-bond donors (Lipinski definition) is 0. The van der Waals surface area contributed by atoms with E-state index in [9.17, 15) is 8.76 Å². The predicted octanol–water partition coefficient (Wildman–Crippen LogP) is -0.472. The van der Waals surface area contributed by atoms with E-state index in [4.69, 9.17) is 0 Å². The Kier molecular flexibility index (Phi) is 4.01.